The molecule has 0 aromatic rings. The fourth-order valence-corrected chi connectivity index (χ4v) is 2.07. The maximum absolute atomic E-state index is 5.59. The van der Waals surface area contributed by atoms with Gasteiger partial charge in [0.15, 0.2) is 0 Å². The van der Waals surface area contributed by atoms with Gasteiger partial charge in [-0.15, -0.1) is 0 Å². The lowest BCUT2D eigenvalue weighted by molar-refractivity contribution is -0.0248. The average molecular weight is 184 g/mol. The van der Waals surface area contributed by atoms with Crippen molar-refractivity contribution in [1.29, 1.82) is 0 Å². The second kappa shape index (κ2) is 3.95. The van der Waals surface area contributed by atoms with Gasteiger partial charge in [0.05, 0.1) is 12.7 Å². The quantitative estimate of drug-likeness (QED) is 0.685. The fourth-order valence-electron chi connectivity index (χ4n) is 2.07. The number of morpholine rings is 1. The molecule has 1 saturated heterocycles. The van der Waals surface area contributed by atoms with Gasteiger partial charge in [-0.2, -0.15) is 0 Å². The molecule has 3 unspecified atom stereocenters. The molecule has 1 saturated carbocycles. The van der Waals surface area contributed by atoms with Gasteiger partial charge in [-0.3, -0.25) is 4.90 Å². The number of nitrogens with two attached hydrogens (primary N) is 1. The van der Waals surface area contributed by atoms with E-state index in [4.69, 9.17) is 10.5 Å². The van der Waals surface area contributed by atoms with E-state index in [0.717, 1.165) is 31.5 Å². The Hall–Kier alpha value is -0.120. The predicted molar refractivity (Wildman–Crippen MR) is 52.5 cm³/mol. The highest BCUT2D eigenvalue weighted by Crippen LogP contribution is 2.38. The minimum atomic E-state index is 0.280. The van der Waals surface area contributed by atoms with Crippen LogP contribution in [0.2, 0.25) is 0 Å². The molecule has 1 heterocycles. The van der Waals surface area contributed by atoms with Gasteiger partial charge >= 0.3 is 0 Å². The van der Waals surface area contributed by atoms with Crippen molar-refractivity contribution >= 4 is 0 Å². The summed E-state index contributed by atoms with van der Waals surface area (Å²) in [6.07, 6.45) is 1.70. The molecule has 0 radical (unpaired) electrons. The first-order valence-corrected chi connectivity index (χ1v) is 5.33. The van der Waals surface area contributed by atoms with Crippen LogP contribution in [0.4, 0.5) is 0 Å². The van der Waals surface area contributed by atoms with Crippen molar-refractivity contribution in [2.45, 2.75) is 19.4 Å². The third-order valence-electron chi connectivity index (χ3n) is 3.25. The minimum absolute atomic E-state index is 0.280. The lowest BCUT2D eigenvalue weighted by Crippen LogP contribution is -2.46. The van der Waals surface area contributed by atoms with Crippen LogP contribution in [-0.2, 0) is 4.74 Å². The Labute approximate surface area is 80.2 Å². The van der Waals surface area contributed by atoms with Gasteiger partial charge in [-0.1, -0.05) is 6.92 Å². The number of hydrogen-bond donors (Lipinski definition) is 1. The van der Waals surface area contributed by atoms with Crippen LogP contribution in [0.25, 0.3) is 0 Å². The van der Waals surface area contributed by atoms with Crippen molar-refractivity contribution in [3.05, 3.63) is 0 Å². The summed E-state index contributed by atoms with van der Waals surface area (Å²) in [5, 5.41) is 0. The second-order valence-corrected chi connectivity index (χ2v) is 4.46. The molecule has 2 fully saturated rings. The minimum Gasteiger partial charge on any atom is -0.374 e. The van der Waals surface area contributed by atoms with Crippen LogP contribution < -0.4 is 5.73 Å². The molecule has 2 rings (SSSR count). The molecular weight excluding hydrogens is 164 g/mol. The van der Waals surface area contributed by atoms with E-state index in [1.807, 2.05) is 0 Å². The van der Waals surface area contributed by atoms with Crippen molar-refractivity contribution in [2.24, 2.45) is 17.6 Å². The Balaban J connectivity index is 1.72. The highest BCUT2D eigenvalue weighted by Gasteiger charge is 2.34. The van der Waals surface area contributed by atoms with Crippen molar-refractivity contribution in [3.63, 3.8) is 0 Å². The van der Waals surface area contributed by atoms with E-state index in [1.165, 1.54) is 13.0 Å². The summed E-state index contributed by atoms with van der Waals surface area (Å²) in [4.78, 5) is 2.51. The lowest BCUT2D eigenvalue weighted by atomic mass is 10.2. The molecule has 0 aromatic carbocycles. The number of rotatable bonds is 3. The normalized spacial score (nSPS) is 40.6. The predicted octanol–water partition coefficient (Wildman–Crippen LogP) is 0.302. The van der Waals surface area contributed by atoms with Crippen molar-refractivity contribution < 1.29 is 4.74 Å². The van der Waals surface area contributed by atoms with Crippen molar-refractivity contribution in [1.82, 2.24) is 4.90 Å². The molecule has 13 heavy (non-hydrogen) atoms. The zero-order chi connectivity index (χ0) is 9.26. The number of hydrogen-bond acceptors (Lipinski definition) is 3. The molecule has 1 aliphatic heterocycles. The van der Waals surface area contributed by atoms with Crippen LogP contribution >= 0.6 is 0 Å². The molecule has 0 amide bonds. The van der Waals surface area contributed by atoms with E-state index in [2.05, 4.69) is 11.8 Å². The first kappa shape index (κ1) is 9.44. The lowest BCUT2D eigenvalue weighted by Gasteiger charge is -2.32. The van der Waals surface area contributed by atoms with Gasteiger partial charge in [-0.25, -0.2) is 0 Å². The van der Waals surface area contributed by atoms with E-state index in [9.17, 15) is 0 Å². The van der Waals surface area contributed by atoms with Gasteiger partial charge in [0.25, 0.3) is 0 Å². The summed E-state index contributed by atoms with van der Waals surface area (Å²) in [6.45, 7) is 7.27. The van der Waals surface area contributed by atoms with E-state index >= 15 is 0 Å². The maximum atomic E-state index is 5.59. The summed E-state index contributed by atoms with van der Waals surface area (Å²) in [5.74, 6) is 1.91. The van der Waals surface area contributed by atoms with Crippen molar-refractivity contribution in [3.8, 4) is 0 Å². The summed E-state index contributed by atoms with van der Waals surface area (Å²) < 4.78 is 5.52. The van der Waals surface area contributed by atoms with Crippen LogP contribution in [0.3, 0.4) is 0 Å². The molecule has 0 aromatic heterocycles. The second-order valence-electron chi connectivity index (χ2n) is 4.46. The molecule has 1 aliphatic carbocycles. The molecule has 3 heteroatoms. The third kappa shape index (κ3) is 2.42. The van der Waals surface area contributed by atoms with Crippen LogP contribution in [0.1, 0.15) is 13.3 Å². The molecule has 0 spiro atoms. The highest BCUT2D eigenvalue weighted by atomic mass is 16.5. The van der Waals surface area contributed by atoms with E-state index in [-0.39, 0.29) is 6.10 Å². The molecule has 3 atom stereocenters. The smallest absolute Gasteiger partial charge is 0.0824 e. The Morgan fingerprint density at radius 2 is 2.31 bits per heavy atom. The number of nitrogens with zero attached hydrogens (tertiary/aromatic N) is 1. The van der Waals surface area contributed by atoms with Gasteiger partial charge in [0.1, 0.15) is 0 Å². The van der Waals surface area contributed by atoms with Gasteiger partial charge in [0.2, 0.25) is 0 Å². The molecular formula is C10H20N2O. The Morgan fingerprint density at radius 3 is 2.92 bits per heavy atom. The summed E-state index contributed by atoms with van der Waals surface area (Å²) in [7, 11) is 0. The Kier molecular flexibility index (Phi) is 2.86. The topological polar surface area (TPSA) is 38.5 Å². The zero-order valence-corrected chi connectivity index (χ0v) is 8.41. The Morgan fingerprint density at radius 1 is 1.54 bits per heavy atom. The molecule has 3 nitrogen and oxygen atoms in total. The first-order chi connectivity index (χ1) is 6.29. The van der Waals surface area contributed by atoms with Crippen LogP contribution in [0.5, 0.6) is 0 Å². The molecule has 2 aliphatic rings. The van der Waals surface area contributed by atoms with Gasteiger partial charge in [-0.05, 0) is 18.3 Å². The van der Waals surface area contributed by atoms with E-state index in [0.29, 0.717) is 6.54 Å². The Bertz CT molecular complexity index is 172. The fraction of sp³-hybridized carbons (Fsp3) is 1.00. The van der Waals surface area contributed by atoms with Crippen LogP contribution in [0, 0.1) is 11.8 Å². The average Bonchev–Trinajstić information content (AvgIpc) is 2.82. The zero-order valence-electron chi connectivity index (χ0n) is 8.41. The third-order valence-corrected chi connectivity index (χ3v) is 3.25. The summed E-state index contributed by atoms with van der Waals surface area (Å²) in [6, 6.07) is 0. The van der Waals surface area contributed by atoms with E-state index in [1.54, 1.807) is 0 Å². The van der Waals surface area contributed by atoms with Crippen LogP contribution in [0.15, 0.2) is 0 Å². The standard InChI is InChI=1S/C10H20N2O/c1-8-4-9(8)6-12-2-3-13-10(5-11)7-12/h8-10H,2-7,11H2,1H3. The summed E-state index contributed by atoms with van der Waals surface area (Å²) >= 11 is 0. The van der Waals surface area contributed by atoms with Crippen LogP contribution in [-0.4, -0.2) is 43.8 Å². The number of ether oxygens (including phenoxy) is 1. The molecule has 76 valence electrons. The van der Waals surface area contributed by atoms with Gasteiger partial charge < -0.3 is 10.5 Å². The summed E-state index contributed by atoms with van der Waals surface area (Å²) in [5.41, 5.74) is 5.59. The monoisotopic (exact) mass is 184 g/mol. The maximum Gasteiger partial charge on any atom is 0.0824 e. The highest BCUT2D eigenvalue weighted by molar-refractivity contribution is 4.86. The SMILES string of the molecule is CC1CC1CN1CCOC(CN)C1. The molecule has 0 bridgehead atoms. The first-order valence-electron chi connectivity index (χ1n) is 5.33. The van der Waals surface area contributed by atoms with Gasteiger partial charge in [0, 0.05) is 26.2 Å². The molecule has 2 N–H and O–H groups in total. The van der Waals surface area contributed by atoms with Crippen molar-refractivity contribution in [2.75, 3.05) is 32.8 Å². The largest absolute Gasteiger partial charge is 0.374 e. The van der Waals surface area contributed by atoms with E-state index < -0.39 is 0 Å².